The van der Waals surface area contributed by atoms with E-state index in [2.05, 4.69) is 15.0 Å². The smallest absolute Gasteiger partial charge is 0.255 e. The lowest BCUT2D eigenvalue weighted by molar-refractivity contribution is 0.102. The second-order valence-electron chi connectivity index (χ2n) is 7.25. The zero-order valence-corrected chi connectivity index (χ0v) is 16.2. The number of rotatable bonds is 4. The van der Waals surface area contributed by atoms with Crippen LogP contribution in [0.2, 0.25) is 0 Å². The van der Waals surface area contributed by atoms with Gasteiger partial charge < -0.3 is 5.32 Å². The number of aromatic nitrogens is 1. The normalized spacial score (nSPS) is 12.1. The number of fused-ring (bicyclic) bond motifs is 1. The fourth-order valence-electron chi connectivity index (χ4n) is 2.61. The average Bonchev–Trinajstić information content (AvgIpc) is 2.59. The minimum absolute atomic E-state index is 0.0930. The summed E-state index contributed by atoms with van der Waals surface area (Å²) in [4.78, 5) is 16.9. The van der Waals surface area contributed by atoms with E-state index in [1.54, 1.807) is 51.2 Å². The van der Waals surface area contributed by atoms with Crippen molar-refractivity contribution in [2.24, 2.45) is 0 Å². The molecule has 2 aromatic carbocycles. The van der Waals surface area contributed by atoms with Gasteiger partial charge in [-0.2, -0.15) is 0 Å². The van der Waals surface area contributed by atoms with E-state index in [0.717, 1.165) is 10.9 Å². The fourth-order valence-corrected chi connectivity index (χ4v) is 4.08. The number of benzene rings is 2. The molecule has 0 saturated carbocycles. The van der Waals surface area contributed by atoms with Gasteiger partial charge >= 0.3 is 0 Å². The molecule has 0 atom stereocenters. The van der Waals surface area contributed by atoms with Gasteiger partial charge in [0.15, 0.2) is 0 Å². The molecule has 27 heavy (non-hydrogen) atoms. The quantitative estimate of drug-likeness (QED) is 0.721. The minimum Gasteiger partial charge on any atom is -0.322 e. The van der Waals surface area contributed by atoms with Crippen molar-refractivity contribution in [2.45, 2.75) is 31.2 Å². The largest absolute Gasteiger partial charge is 0.322 e. The van der Waals surface area contributed by atoms with E-state index in [-0.39, 0.29) is 10.8 Å². The molecular weight excluding hydrogens is 362 g/mol. The van der Waals surface area contributed by atoms with Crippen LogP contribution in [-0.2, 0) is 10.0 Å². The Hall–Kier alpha value is -2.77. The molecule has 0 spiro atoms. The zero-order valence-electron chi connectivity index (χ0n) is 15.4. The van der Waals surface area contributed by atoms with Crippen molar-refractivity contribution in [3.05, 3.63) is 66.4 Å². The predicted octanol–water partition coefficient (Wildman–Crippen LogP) is 3.56. The molecule has 0 aliphatic carbocycles. The number of amides is 1. The number of anilines is 1. The number of carbonyl (C=O) groups is 1. The number of hydrogen-bond donors (Lipinski definition) is 2. The predicted molar refractivity (Wildman–Crippen MR) is 106 cm³/mol. The highest BCUT2D eigenvalue weighted by molar-refractivity contribution is 7.89. The second-order valence-corrected chi connectivity index (χ2v) is 8.93. The molecule has 2 N–H and O–H groups in total. The Kier molecular flexibility index (Phi) is 4.99. The molecule has 1 heterocycles. The number of hydrogen-bond acceptors (Lipinski definition) is 4. The van der Waals surface area contributed by atoms with E-state index in [9.17, 15) is 13.2 Å². The molecule has 0 saturated heterocycles. The second kappa shape index (κ2) is 7.09. The molecule has 0 aliphatic heterocycles. The highest BCUT2D eigenvalue weighted by atomic mass is 32.2. The summed E-state index contributed by atoms with van der Waals surface area (Å²) in [6.07, 6.45) is 1.67. The molecule has 0 aliphatic rings. The van der Waals surface area contributed by atoms with Gasteiger partial charge in [-0.1, -0.05) is 18.2 Å². The summed E-state index contributed by atoms with van der Waals surface area (Å²) < 4.78 is 27.5. The van der Waals surface area contributed by atoms with Crippen LogP contribution in [0.3, 0.4) is 0 Å². The van der Waals surface area contributed by atoms with E-state index < -0.39 is 15.6 Å². The SMILES string of the molecule is CC(C)(C)NS(=O)(=O)c1cccc(NC(=O)c2ccc3cccnc3c2)c1. The maximum absolute atomic E-state index is 12.5. The van der Waals surface area contributed by atoms with Gasteiger partial charge in [0, 0.05) is 28.4 Å². The fraction of sp³-hybridized carbons (Fsp3) is 0.200. The van der Waals surface area contributed by atoms with Gasteiger partial charge in [-0.3, -0.25) is 9.78 Å². The highest BCUT2D eigenvalue weighted by Gasteiger charge is 2.22. The van der Waals surface area contributed by atoms with E-state index in [1.165, 1.54) is 12.1 Å². The lowest BCUT2D eigenvalue weighted by Crippen LogP contribution is -2.40. The van der Waals surface area contributed by atoms with Crippen molar-refractivity contribution in [2.75, 3.05) is 5.32 Å². The third kappa shape index (κ3) is 4.69. The Bertz CT molecular complexity index is 1100. The van der Waals surface area contributed by atoms with Crippen molar-refractivity contribution in [3.63, 3.8) is 0 Å². The van der Waals surface area contributed by atoms with Crippen molar-refractivity contribution >= 4 is 32.5 Å². The molecule has 0 bridgehead atoms. The van der Waals surface area contributed by atoms with Gasteiger partial charge in [-0.25, -0.2) is 13.1 Å². The van der Waals surface area contributed by atoms with Gasteiger partial charge in [-0.15, -0.1) is 0 Å². The van der Waals surface area contributed by atoms with Crippen molar-refractivity contribution in [3.8, 4) is 0 Å². The lowest BCUT2D eigenvalue weighted by Gasteiger charge is -2.20. The maximum Gasteiger partial charge on any atom is 0.255 e. The first-order valence-corrected chi connectivity index (χ1v) is 9.93. The van der Waals surface area contributed by atoms with Crippen LogP contribution in [0.4, 0.5) is 5.69 Å². The van der Waals surface area contributed by atoms with Crippen molar-refractivity contribution in [1.82, 2.24) is 9.71 Å². The van der Waals surface area contributed by atoms with Crippen LogP contribution in [0, 0.1) is 0 Å². The zero-order chi connectivity index (χ0) is 19.7. The molecule has 3 rings (SSSR count). The van der Waals surface area contributed by atoms with Crippen LogP contribution >= 0.6 is 0 Å². The van der Waals surface area contributed by atoms with Gasteiger partial charge in [0.25, 0.3) is 5.91 Å². The van der Waals surface area contributed by atoms with Gasteiger partial charge in [0.2, 0.25) is 10.0 Å². The summed E-state index contributed by atoms with van der Waals surface area (Å²) >= 11 is 0. The van der Waals surface area contributed by atoms with E-state index in [4.69, 9.17) is 0 Å². The molecular formula is C20H21N3O3S. The van der Waals surface area contributed by atoms with Crippen LogP contribution in [0.5, 0.6) is 0 Å². The lowest BCUT2D eigenvalue weighted by atomic mass is 10.1. The summed E-state index contributed by atoms with van der Waals surface area (Å²) in [5.74, 6) is -0.333. The molecule has 1 aromatic heterocycles. The van der Waals surface area contributed by atoms with E-state index in [0.29, 0.717) is 11.3 Å². The van der Waals surface area contributed by atoms with Crippen molar-refractivity contribution < 1.29 is 13.2 Å². The summed E-state index contributed by atoms with van der Waals surface area (Å²) in [6, 6.07) is 15.1. The summed E-state index contributed by atoms with van der Waals surface area (Å²) in [5, 5.41) is 3.68. The van der Waals surface area contributed by atoms with Crippen molar-refractivity contribution in [1.29, 1.82) is 0 Å². The Labute approximate surface area is 158 Å². The molecule has 7 heteroatoms. The first-order valence-electron chi connectivity index (χ1n) is 8.44. The monoisotopic (exact) mass is 383 g/mol. The molecule has 140 valence electrons. The molecule has 0 radical (unpaired) electrons. The highest BCUT2D eigenvalue weighted by Crippen LogP contribution is 2.19. The minimum atomic E-state index is -3.68. The Morgan fingerprint density at radius 1 is 1.00 bits per heavy atom. The number of nitrogens with one attached hydrogen (secondary N) is 2. The summed E-state index contributed by atoms with van der Waals surface area (Å²) in [7, 11) is -3.68. The first-order chi connectivity index (χ1) is 12.6. The first kappa shape index (κ1) is 19.0. The van der Waals surface area contributed by atoms with Crippen LogP contribution in [-0.4, -0.2) is 24.8 Å². The van der Waals surface area contributed by atoms with Crippen LogP contribution in [0.1, 0.15) is 31.1 Å². The topological polar surface area (TPSA) is 88.2 Å². The van der Waals surface area contributed by atoms with Crippen LogP contribution < -0.4 is 10.0 Å². The Balaban J connectivity index is 1.84. The van der Waals surface area contributed by atoms with Gasteiger partial charge in [0.05, 0.1) is 10.4 Å². The molecule has 1 amide bonds. The maximum atomic E-state index is 12.5. The van der Waals surface area contributed by atoms with Gasteiger partial charge in [0.1, 0.15) is 0 Å². The number of carbonyl (C=O) groups excluding carboxylic acids is 1. The third-order valence-corrected chi connectivity index (χ3v) is 5.47. The summed E-state index contributed by atoms with van der Waals surface area (Å²) in [5.41, 5.74) is 0.965. The Morgan fingerprint density at radius 3 is 2.52 bits per heavy atom. The third-order valence-electron chi connectivity index (χ3n) is 3.71. The number of nitrogens with zero attached hydrogens (tertiary/aromatic N) is 1. The number of sulfonamides is 1. The standard InChI is InChI=1S/C20H21N3O3S/c1-20(2,3)23-27(25,26)17-8-4-7-16(13-17)22-19(24)15-10-9-14-6-5-11-21-18(14)12-15/h4-13,23H,1-3H3,(H,22,24). The number of pyridine rings is 1. The molecule has 3 aromatic rings. The van der Waals surface area contributed by atoms with E-state index >= 15 is 0 Å². The molecule has 6 nitrogen and oxygen atoms in total. The van der Waals surface area contributed by atoms with Gasteiger partial charge in [-0.05, 0) is 57.2 Å². The molecule has 0 fully saturated rings. The van der Waals surface area contributed by atoms with Crippen LogP contribution in [0.25, 0.3) is 10.9 Å². The summed E-state index contributed by atoms with van der Waals surface area (Å²) in [6.45, 7) is 5.30. The van der Waals surface area contributed by atoms with E-state index in [1.807, 2.05) is 18.2 Å². The molecule has 0 unspecified atom stereocenters. The average molecular weight is 383 g/mol. The van der Waals surface area contributed by atoms with Crippen LogP contribution in [0.15, 0.2) is 65.7 Å². The Morgan fingerprint density at radius 2 is 1.78 bits per heavy atom.